The number of imidazole rings is 3. The van der Waals surface area contributed by atoms with E-state index in [0.29, 0.717) is 36.9 Å². The molecule has 5 atom stereocenters. The number of hydrogen-bond donors (Lipinski definition) is 4. The van der Waals surface area contributed by atoms with Gasteiger partial charge in [-0.25, -0.2) is 24.5 Å². The maximum atomic E-state index is 13.7. The number of nitrogens with one attached hydrogen (secondary N) is 3. The lowest BCUT2D eigenvalue weighted by Crippen LogP contribution is -2.54. The number of methoxy groups -OCH3 is 2. The summed E-state index contributed by atoms with van der Waals surface area (Å²) in [6.07, 6.45) is 6.72. The van der Waals surface area contributed by atoms with Crippen LogP contribution < -0.4 is 11.1 Å². The number of H-pyrrole nitrogens is 2. The van der Waals surface area contributed by atoms with Gasteiger partial charge >= 0.3 is 12.2 Å². The van der Waals surface area contributed by atoms with Crippen molar-refractivity contribution >= 4 is 24.0 Å². The summed E-state index contributed by atoms with van der Waals surface area (Å²) in [5.74, 6) is 0.748. The molecule has 58 heavy (non-hydrogen) atoms. The summed E-state index contributed by atoms with van der Waals surface area (Å²) in [5.41, 5.74) is 11.5. The number of ether oxygens (including phenoxy) is 3. The molecular formula is C41H48N10O7. The summed E-state index contributed by atoms with van der Waals surface area (Å²) in [6.45, 7) is 2.77. The highest BCUT2D eigenvalue weighted by atomic mass is 16.6. The van der Waals surface area contributed by atoms with E-state index in [0.717, 1.165) is 52.9 Å². The van der Waals surface area contributed by atoms with Crippen LogP contribution in [-0.2, 0) is 37.3 Å². The molecule has 3 aromatic heterocycles. The van der Waals surface area contributed by atoms with E-state index in [9.17, 15) is 19.2 Å². The van der Waals surface area contributed by atoms with Crippen LogP contribution in [0.25, 0.3) is 33.6 Å². The Labute approximate surface area is 335 Å². The highest BCUT2D eigenvalue weighted by Gasteiger charge is 2.39. The Morgan fingerprint density at radius 3 is 1.79 bits per heavy atom. The van der Waals surface area contributed by atoms with E-state index in [1.54, 1.807) is 46.2 Å². The molecule has 2 fully saturated rings. The molecule has 5 aromatic rings. The van der Waals surface area contributed by atoms with Crippen LogP contribution in [0.1, 0.15) is 62.0 Å². The molecule has 304 valence electrons. The average Bonchev–Trinajstić information content (AvgIpc) is 4.09. The summed E-state index contributed by atoms with van der Waals surface area (Å²) in [4.78, 5) is 74.9. The van der Waals surface area contributed by atoms with Gasteiger partial charge in [-0.1, -0.05) is 48.5 Å². The van der Waals surface area contributed by atoms with Gasteiger partial charge in [0.05, 0.1) is 61.1 Å². The first-order valence-electron chi connectivity index (χ1n) is 19.2. The summed E-state index contributed by atoms with van der Waals surface area (Å²) in [5, 5.41) is 2.62. The summed E-state index contributed by atoms with van der Waals surface area (Å²) in [7, 11) is 4.57. The van der Waals surface area contributed by atoms with Crippen LogP contribution in [0.3, 0.4) is 0 Å². The number of alkyl carbamates (subject to hydrolysis) is 1. The molecule has 7 rings (SSSR count). The Morgan fingerprint density at radius 1 is 0.810 bits per heavy atom. The minimum absolute atomic E-state index is 0.118. The fraction of sp³-hybridized carbons (Fsp3) is 0.390. The Balaban J connectivity index is 0.998. The summed E-state index contributed by atoms with van der Waals surface area (Å²) in [6, 6.07) is 14.8. The molecule has 4 amide bonds. The predicted octanol–water partition coefficient (Wildman–Crippen LogP) is 4.66. The number of amides is 4. The maximum absolute atomic E-state index is 13.7. The zero-order valence-electron chi connectivity index (χ0n) is 32.9. The van der Waals surface area contributed by atoms with Crippen LogP contribution >= 0.6 is 0 Å². The number of hydrogen-bond acceptors (Lipinski definition) is 10. The Kier molecular flexibility index (Phi) is 11.9. The molecule has 0 radical (unpaired) electrons. The average molecular weight is 793 g/mol. The molecule has 2 saturated heterocycles. The molecule has 0 bridgehead atoms. The van der Waals surface area contributed by atoms with Gasteiger partial charge in [0.2, 0.25) is 5.91 Å². The van der Waals surface area contributed by atoms with E-state index in [4.69, 9.17) is 19.9 Å². The second-order valence-corrected chi connectivity index (χ2v) is 14.6. The molecule has 0 spiro atoms. The molecule has 0 unspecified atom stereocenters. The van der Waals surface area contributed by atoms with E-state index < -0.39 is 30.4 Å². The minimum Gasteiger partial charge on any atom is -0.453 e. The van der Waals surface area contributed by atoms with Gasteiger partial charge in [0, 0.05) is 39.9 Å². The predicted molar refractivity (Wildman–Crippen MR) is 212 cm³/mol. The first-order chi connectivity index (χ1) is 28.0. The Morgan fingerprint density at radius 2 is 1.33 bits per heavy atom. The third-order valence-corrected chi connectivity index (χ3v) is 10.9. The number of likely N-dealkylation sites (tertiary alicyclic amines) is 2. The number of carbonyl (C=O) groups excluding carboxylic acids is 4. The van der Waals surface area contributed by atoms with Gasteiger partial charge in [-0.3, -0.25) is 9.59 Å². The fourth-order valence-corrected chi connectivity index (χ4v) is 7.77. The lowest BCUT2D eigenvalue weighted by molar-refractivity contribution is -0.141. The smallest absolute Gasteiger partial charge is 0.407 e. The molecule has 0 saturated carbocycles. The molecule has 17 heteroatoms. The van der Waals surface area contributed by atoms with E-state index in [2.05, 4.69) is 42.4 Å². The van der Waals surface area contributed by atoms with E-state index in [-0.39, 0.29) is 30.3 Å². The number of nitrogens with zero attached hydrogens (tertiary/aromatic N) is 6. The van der Waals surface area contributed by atoms with Gasteiger partial charge in [-0.05, 0) is 54.9 Å². The van der Waals surface area contributed by atoms with Gasteiger partial charge in [0.15, 0.2) is 6.10 Å². The lowest BCUT2D eigenvalue weighted by Gasteiger charge is -2.30. The zero-order valence-corrected chi connectivity index (χ0v) is 32.9. The second kappa shape index (κ2) is 17.3. The molecule has 17 nitrogen and oxygen atoms in total. The number of aryl methyl sites for hydroxylation is 1. The van der Waals surface area contributed by atoms with Gasteiger partial charge in [0.25, 0.3) is 5.91 Å². The van der Waals surface area contributed by atoms with E-state index in [1.165, 1.54) is 14.2 Å². The summed E-state index contributed by atoms with van der Waals surface area (Å²) < 4.78 is 17.2. The molecular weight excluding hydrogens is 745 g/mol. The van der Waals surface area contributed by atoms with Crippen molar-refractivity contribution in [3.63, 3.8) is 0 Å². The van der Waals surface area contributed by atoms with Crippen molar-refractivity contribution in [1.82, 2.24) is 44.6 Å². The standard InChI is InChI=1S/C41H48N10O7/c1-24(56-3)35(48-41(55)57-4)39(53)51-18-6-8-33(51)37-44-21-31(47-37)28-15-11-26(12-16-28)25-9-13-27(14-10-25)30-20-43-36(46-30)32-7-5-17-50(32)38(52)34(58-40(42)54)19-29-22-49(2)23-45-29/h9-16,20-24,32-35H,5-8,17-19H2,1-4H3,(H2,42,54)(H,43,46)(H,44,47)(H,48,55)/t24-,32+,33+,34+,35+/m1/s1. The zero-order chi connectivity index (χ0) is 40.9. The quantitative estimate of drug-likeness (QED) is 0.129. The molecule has 2 aliphatic rings. The first kappa shape index (κ1) is 39.7. The molecule has 5 heterocycles. The molecule has 2 aliphatic heterocycles. The lowest BCUT2D eigenvalue weighted by atomic mass is 10.0. The van der Waals surface area contributed by atoms with Crippen molar-refractivity contribution in [3.8, 4) is 33.6 Å². The third kappa shape index (κ3) is 8.58. The number of carbonyl (C=O) groups is 4. The van der Waals surface area contributed by atoms with Crippen LogP contribution in [0.5, 0.6) is 0 Å². The molecule has 5 N–H and O–H groups in total. The van der Waals surface area contributed by atoms with Gasteiger partial charge in [-0.2, -0.15) is 0 Å². The highest BCUT2D eigenvalue weighted by Crippen LogP contribution is 2.35. The van der Waals surface area contributed by atoms with Crippen LogP contribution in [0.15, 0.2) is 73.4 Å². The van der Waals surface area contributed by atoms with Crippen molar-refractivity contribution in [3.05, 3.63) is 90.8 Å². The first-order valence-corrected chi connectivity index (χ1v) is 19.2. The van der Waals surface area contributed by atoms with Crippen molar-refractivity contribution in [2.45, 2.75) is 69.4 Å². The monoisotopic (exact) mass is 792 g/mol. The molecule has 0 aliphatic carbocycles. The maximum Gasteiger partial charge on any atom is 0.407 e. The normalized spacial score (nSPS) is 18.1. The SMILES string of the molecule is COC(=O)N[C@H](C(=O)N1CCC[C@H]1c1ncc(-c2ccc(-c3ccc(-c4cnc([C@@H]5CCCN5C(=O)[C@H](Cc5cn(C)cn5)OC(N)=O)[nH]4)cc3)cc2)[nH]1)[C@@H](C)OC. The van der Waals surface area contributed by atoms with Crippen LogP contribution in [0.4, 0.5) is 9.59 Å². The van der Waals surface area contributed by atoms with Gasteiger partial charge in [0.1, 0.15) is 17.7 Å². The topological polar surface area (TPSA) is 216 Å². The Hall–Kier alpha value is -6.49. The van der Waals surface area contributed by atoms with E-state index in [1.807, 2.05) is 43.4 Å². The fourth-order valence-electron chi connectivity index (χ4n) is 7.77. The number of rotatable bonds is 13. The number of primary amides is 1. The second-order valence-electron chi connectivity index (χ2n) is 14.6. The van der Waals surface area contributed by atoms with E-state index >= 15 is 0 Å². The van der Waals surface area contributed by atoms with Crippen LogP contribution in [0, 0.1) is 0 Å². The molecule has 2 aromatic carbocycles. The van der Waals surface area contributed by atoms with Crippen molar-refractivity contribution in [2.24, 2.45) is 12.8 Å². The third-order valence-electron chi connectivity index (χ3n) is 10.9. The van der Waals surface area contributed by atoms with Crippen molar-refractivity contribution in [2.75, 3.05) is 27.3 Å². The largest absolute Gasteiger partial charge is 0.453 e. The van der Waals surface area contributed by atoms with Gasteiger partial charge < -0.3 is 49.6 Å². The Bertz CT molecular complexity index is 2230. The van der Waals surface area contributed by atoms with Crippen molar-refractivity contribution in [1.29, 1.82) is 0 Å². The van der Waals surface area contributed by atoms with Crippen LogP contribution in [0.2, 0.25) is 0 Å². The minimum atomic E-state index is -1.09. The number of nitrogens with two attached hydrogens (primary N) is 1. The number of aromatic amines is 2. The highest BCUT2D eigenvalue weighted by molar-refractivity contribution is 5.87. The van der Waals surface area contributed by atoms with Gasteiger partial charge in [-0.15, -0.1) is 0 Å². The summed E-state index contributed by atoms with van der Waals surface area (Å²) >= 11 is 0. The van der Waals surface area contributed by atoms with Crippen molar-refractivity contribution < 1.29 is 33.4 Å². The number of benzene rings is 2. The number of aromatic nitrogens is 6. The van der Waals surface area contributed by atoms with Crippen LogP contribution in [-0.4, -0.2) is 109 Å².